The number of halogens is 1. The molecule has 0 bridgehead atoms. The molecule has 0 aliphatic carbocycles. The van der Waals surface area contributed by atoms with Gasteiger partial charge in [-0.25, -0.2) is 0 Å². The van der Waals surface area contributed by atoms with Gasteiger partial charge in [0, 0.05) is 11.6 Å². The fourth-order valence-corrected chi connectivity index (χ4v) is 2.91. The van der Waals surface area contributed by atoms with E-state index < -0.39 is 22.3 Å². The molecule has 1 N–H and O–H groups in total. The van der Waals surface area contributed by atoms with Crippen LogP contribution in [0.4, 0.5) is 10.1 Å². The Hall–Kier alpha value is -3.16. The standard InChI is InChI=1S/C19H19FN2O5/c1-11(2)18(12-4-6-16-17(10-12)27-8-7-26-16)21-19(23)13-3-5-14(20)15(9-13)22(24)25/h3-6,9-11,18H,7-8H2,1-2H3,(H,21,23)/t18-/m1/s1. The maximum Gasteiger partial charge on any atom is 0.305 e. The monoisotopic (exact) mass is 374 g/mol. The van der Waals surface area contributed by atoms with Gasteiger partial charge in [0.25, 0.3) is 5.91 Å². The zero-order chi connectivity index (χ0) is 19.6. The molecular weight excluding hydrogens is 355 g/mol. The van der Waals surface area contributed by atoms with Crippen molar-refractivity contribution in [3.8, 4) is 11.5 Å². The zero-order valence-corrected chi connectivity index (χ0v) is 14.9. The first-order chi connectivity index (χ1) is 12.9. The maximum atomic E-state index is 13.5. The van der Waals surface area contributed by atoms with E-state index >= 15 is 0 Å². The van der Waals surface area contributed by atoms with Crippen molar-refractivity contribution in [3.63, 3.8) is 0 Å². The van der Waals surface area contributed by atoms with E-state index in [0.29, 0.717) is 24.7 Å². The lowest BCUT2D eigenvalue weighted by Gasteiger charge is -2.25. The Labute approximate surface area is 155 Å². The van der Waals surface area contributed by atoms with Crippen molar-refractivity contribution in [2.45, 2.75) is 19.9 Å². The van der Waals surface area contributed by atoms with Crippen molar-refractivity contribution in [2.24, 2.45) is 5.92 Å². The molecule has 0 aromatic heterocycles. The van der Waals surface area contributed by atoms with Gasteiger partial charge < -0.3 is 14.8 Å². The number of fused-ring (bicyclic) bond motifs is 1. The van der Waals surface area contributed by atoms with Crippen LogP contribution in [0.25, 0.3) is 0 Å². The molecule has 1 amide bonds. The normalized spacial score (nSPS) is 13.9. The minimum absolute atomic E-state index is 0.0197. The number of benzene rings is 2. The molecule has 7 nitrogen and oxygen atoms in total. The average molecular weight is 374 g/mol. The van der Waals surface area contributed by atoms with Crippen LogP contribution in [0.5, 0.6) is 11.5 Å². The smallest absolute Gasteiger partial charge is 0.305 e. The second-order valence-corrected chi connectivity index (χ2v) is 6.52. The first kappa shape index (κ1) is 18.6. The second-order valence-electron chi connectivity index (χ2n) is 6.52. The fraction of sp³-hybridized carbons (Fsp3) is 0.316. The van der Waals surface area contributed by atoms with E-state index in [1.54, 1.807) is 6.07 Å². The number of rotatable bonds is 5. The Balaban J connectivity index is 1.85. The van der Waals surface area contributed by atoms with E-state index in [1.807, 2.05) is 26.0 Å². The minimum atomic E-state index is -0.983. The summed E-state index contributed by atoms with van der Waals surface area (Å²) in [4.78, 5) is 22.6. The van der Waals surface area contributed by atoms with Gasteiger partial charge in [0.15, 0.2) is 11.5 Å². The molecule has 2 aromatic rings. The quantitative estimate of drug-likeness (QED) is 0.637. The third-order valence-electron chi connectivity index (χ3n) is 4.28. The molecule has 0 saturated carbocycles. The highest BCUT2D eigenvalue weighted by atomic mass is 19.1. The topological polar surface area (TPSA) is 90.7 Å². The van der Waals surface area contributed by atoms with Gasteiger partial charge in [-0.3, -0.25) is 14.9 Å². The third kappa shape index (κ3) is 3.99. The lowest BCUT2D eigenvalue weighted by molar-refractivity contribution is -0.387. The van der Waals surface area contributed by atoms with Crippen LogP contribution < -0.4 is 14.8 Å². The number of hydrogen-bond donors (Lipinski definition) is 1. The molecule has 27 heavy (non-hydrogen) atoms. The molecule has 0 fully saturated rings. The summed E-state index contributed by atoms with van der Waals surface area (Å²) in [7, 11) is 0. The molecule has 1 aliphatic rings. The van der Waals surface area contributed by atoms with Crippen LogP contribution in [0.2, 0.25) is 0 Å². The number of carbonyl (C=O) groups is 1. The number of hydrogen-bond acceptors (Lipinski definition) is 5. The van der Waals surface area contributed by atoms with Crippen LogP contribution in [0, 0.1) is 21.8 Å². The minimum Gasteiger partial charge on any atom is -0.486 e. The number of nitrogens with zero attached hydrogens (tertiary/aromatic N) is 1. The maximum absolute atomic E-state index is 13.5. The van der Waals surface area contributed by atoms with Gasteiger partial charge in [0.1, 0.15) is 13.2 Å². The summed E-state index contributed by atoms with van der Waals surface area (Å²) in [5.41, 5.74) is 0.105. The highest BCUT2D eigenvalue weighted by molar-refractivity contribution is 5.95. The number of ether oxygens (including phenoxy) is 2. The van der Waals surface area contributed by atoms with Gasteiger partial charge in [-0.05, 0) is 35.7 Å². The lowest BCUT2D eigenvalue weighted by atomic mass is 9.95. The number of amides is 1. The Bertz CT molecular complexity index is 884. The van der Waals surface area contributed by atoms with Crippen molar-refractivity contribution >= 4 is 11.6 Å². The van der Waals surface area contributed by atoms with Crippen molar-refractivity contribution < 1.29 is 23.6 Å². The van der Waals surface area contributed by atoms with E-state index in [-0.39, 0.29) is 17.5 Å². The first-order valence-electron chi connectivity index (χ1n) is 8.51. The summed E-state index contributed by atoms with van der Waals surface area (Å²) in [5.74, 6) is -0.216. The zero-order valence-electron chi connectivity index (χ0n) is 14.9. The van der Waals surface area contributed by atoms with Crippen LogP contribution >= 0.6 is 0 Å². The lowest BCUT2D eigenvalue weighted by Crippen LogP contribution is -2.32. The van der Waals surface area contributed by atoms with Gasteiger partial charge in [0.2, 0.25) is 5.82 Å². The van der Waals surface area contributed by atoms with E-state index in [9.17, 15) is 19.3 Å². The van der Waals surface area contributed by atoms with Crippen LogP contribution in [0.1, 0.15) is 35.8 Å². The van der Waals surface area contributed by atoms with E-state index in [0.717, 1.165) is 17.7 Å². The average Bonchev–Trinajstić information content (AvgIpc) is 2.65. The molecule has 0 unspecified atom stereocenters. The molecular formula is C19H19FN2O5. The predicted octanol–water partition coefficient (Wildman–Crippen LogP) is 3.63. The van der Waals surface area contributed by atoms with E-state index in [4.69, 9.17) is 9.47 Å². The van der Waals surface area contributed by atoms with Crippen molar-refractivity contribution in [1.82, 2.24) is 5.32 Å². The summed E-state index contributed by atoms with van der Waals surface area (Å²) in [6, 6.07) is 8.15. The molecule has 3 rings (SSSR count). The van der Waals surface area contributed by atoms with Crippen molar-refractivity contribution in [3.05, 3.63) is 63.5 Å². The number of nitrogens with one attached hydrogen (secondary N) is 1. The molecule has 1 atom stereocenters. The highest BCUT2D eigenvalue weighted by Gasteiger charge is 2.24. The van der Waals surface area contributed by atoms with Gasteiger partial charge in [0.05, 0.1) is 11.0 Å². The Morgan fingerprint density at radius 3 is 2.52 bits per heavy atom. The molecule has 1 aliphatic heterocycles. The van der Waals surface area contributed by atoms with Crippen molar-refractivity contribution in [2.75, 3.05) is 13.2 Å². The first-order valence-corrected chi connectivity index (χ1v) is 8.51. The third-order valence-corrected chi connectivity index (χ3v) is 4.28. The SMILES string of the molecule is CC(C)[C@@H](NC(=O)c1ccc(F)c([N+](=O)[O-])c1)c1ccc2c(c1)OCCO2. The summed E-state index contributed by atoms with van der Waals surface area (Å²) in [5, 5.41) is 13.8. The second kappa shape index (κ2) is 7.61. The van der Waals surface area contributed by atoms with Crippen LogP contribution in [-0.2, 0) is 0 Å². The van der Waals surface area contributed by atoms with Crippen LogP contribution in [0.15, 0.2) is 36.4 Å². The van der Waals surface area contributed by atoms with E-state index in [1.165, 1.54) is 6.07 Å². The number of nitro benzene ring substituents is 1. The molecule has 1 heterocycles. The number of carbonyl (C=O) groups excluding carboxylic acids is 1. The van der Waals surface area contributed by atoms with Gasteiger partial charge in [-0.15, -0.1) is 0 Å². The Morgan fingerprint density at radius 1 is 1.15 bits per heavy atom. The molecule has 0 radical (unpaired) electrons. The highest BCUT2D eigenvalue weighted by Crippen LogP contribution is 2.34. The molecule has 8 heteroatoms. The van der Waals surface area contributed by atoms with E-state index in [2.05, 4.69) is 5.32 Å². The molecule has 0 saturated heterocycles. The van der Waals surface area contributed by atoms with Gasteiger partial charge in [-0.2, -0.15) is 4.39 Å². The van der Waals surface area contributed by atoms with Crippen molar-refractivity contribution in [1.29, 1.82) is 0 Å². The predicted molar refractivity (Wildman–Crippen MR) is 95.5 cm³/mol. The molecule has 142 valence electrons. The fourth-order valence-electron chi connectivity index (χ4n) is 2.91. The summed E-state index contributed by atoms with van der Waals surface area (Å²) < 4.78 is 24.6. The molecule has 0 spiro atoms. The number of nitro groups is 1. The van der Waals surface area contributed by atoms with Crippen LogP contribution in [-0.4, -0.2) is 24.0 Å². The summed E-state index contributed by atoms with van der Waals surface area (Å²) in [6.07, 6.45) is 0. The van der Waals surface area contributed by atoms with Gasteiger partial charge >= 0.3 is 5.69 Å². The Kier molecular flexibility index (Phi) is 5.25. The summed E-state index contributed by atoms with van der Waals surface area (Å²) >= 11 is 0. The van der Waals surface area contributed by atoms with Gasteiger partial charge in [-0.1, -0.05) is 19.9 Å². The largest absolute Gasteiger partial charge is 0.486 e. The van der Waals surface area contributed by atoms with Crippen LogP contribution in [0.3, 0.4) is 0 Å². The molecule has 2 aromatic carbocycles. The Morgan fingerprint density at radius 2 is 1.85 bits per heavy atom. The summed E-state index contributed by atoms with van der Waals surface area (Å²) in [6.45, 7) is 4.82.